The van der Waals surface area contributed by atoms with Crippen molar-refractivity contribution in [2.75, 3.05) is 13.2 Å². The Balaban J connectivity index is 1.51. The Morgan fingerprint density at radius 2 is 1.73 bits per heavy atom. The minimum atomic E-state index is -4.17. The Morgan fingerprint density at radius 3 is 2.33 bits per heavy atom. The van der Waals surface area contributed by atoms with Crippen LogP contribution in [0.1, 0.15) is 57.6 Å². The van der Waals surface area contributed by atoms with Crippen LogP contribution in [0.5, 0.6) is 5.75 Å². The van der Waals surface area contributed by atoms with E-state index in [4.69, 9.17) is 42.0 Å². The molecule has 0 aliphatic rings. The molecule has 1 atom stereocenters. The molecular weight excluding hydrogens is 578 g/mol. The van der Waals surface area contributed by atoms with Gasteiger partial charge in [-0.1, -0.05) is 55.2 Å². The maximum Gasteiger partial charge on any atom is 0.472 e. The summed E-state index contributed by atoms with van der Waals surface area (Å²) in [5.74, 6) is 0.950. The number of para-hydroxylation sites is 1. The highest BCUT2D eigenvalue weighted by Crippen LogP contribution is 2.46. The summed E-state index contributed by atoms with van der Waals surface area (Å²) in [7, 11) is -4.17. The van der Waals surface area contributed by atoms with E-state index in [9.17, 15) is 14.3 Å². The number of nitrogens with zero attached hydrogens (tertiary/aromatic N) is 3. The maximum absolute atomic E-state index is 13.2. The molecule has 214 valence electrons. The fourth-order valence-electron chi connectivity index (χ4n) is 4.01. The molecule has 2 N–H and O–H groups in total. The van der Waals surface area contributed by atoms with Gasteiger partial charge in [-0.15, -0.1) is 0 Å². The van der Waals surface area contributed by atoms with Gasteiger partial charge in [0, 0.05) is 6.42 Å². The molecule has 4 aromatic rings. The van der Waals surface area contributed by atoms with Crippen LogP contribution in [0.4, 0.5) is 0 Å². The van der Waals surface area contributed by atoms with E-state index >= 15 is 0 Å². The third-order valence-electron chi connectivity index (χ3n) is 5.60. The van der Waals surface area contributed by atoms with Crippen LogP contribution in [-0.2, 0) is 20.0 Å². The number of rotatable bonds is 10. The van der Waals surface area contributed by atoms with Gasteiger partial charge in [0.2, 0.25) is 0 Å². The lowest BCUT2D eigenvalue weighted by molar-refractivity contribution is 0.0560. The number of benzene rings is 2. The van der Waals surface area contributed by atoms with Crippen molar-refractivity contribution in [3.63, 3.8) is 0 Å². The van der Waals surface area contributed by atoms with Crippen molar-refractivity contribution in [2.24, 2.45) is 0 Å². The average Bonchev–Trinajstić information content (AvgIpc) is 3.21. The van der Waals surface area contributed by atoms with E-state index in [0.29, 0.717) is 50.5 Å². The Kier molecular flexibility index (Phi) is 9.09. The zero-order chi connectivity index (χ0) is 29.2. The van der Waals surface area contributed by atoms with Crippen molar-refractivity contribution in [1.29, 1.82) is 0 Å². The smallest absolute Gasteiger partial charge is 0.472 e. The zero-order valence-corrected chi connectivity index (χ0v) is 25.2. The molecule has 2 aromatic heterocycles. The van der Waals surface area contributed by atoms with E-state index in [2.05, 4.69) is 10.1 Å². The minimum absolute atomic E-state index is 0.0352. The first-order valence-electron chi connectivity index (χ1n) is 12.6. The molecule has 0 spiro atoms. The summed E-state index contributed by atoms with van der Waals surface area (Å²) in [5.41, 5.74) is 1.18. The summed E-state index contributed by atoms with van der Waals surface area (Å²) in [5, 5.41) is 5.84. The summed E-state index contributed by atoms with van der Waals surface area (Å²) in [4.78, 5) is 30.6. The van der Waals surface area contributed by atoms with Crippen LogP contribution in [0, 0.1) is 0 Å². The molecule has 10 nitrogen and oxygen atoms in total. The number of hydrogen-bond donors (Lipinski definition) is 2. The summed E-state index contributed by atoms with van der Waals surface area (Å²) < 4.78 is 29.0. The SMILES string of the molecule is CC(C)c1nn(-c2c(Cl)cccc2Cl)c2nc(Cc3ccc(OCCOP(=O)(O)OC(C)(C)C)cc3)[nH]c(=O)c12. The Bertz CT molecular complexity index is 1590. The number of ether oxygens (including phenoxy) is 1. The van der Waals surface area contributed by atoms with Gasteiger partial charge in [-0.2, -0.15) is 5.10 Å². The van der Waals surface area contributed by atoms with Gasteiger partial charge >= 0.3 is 7.82 Å². The number of fused-ring (bicyclic) bond motifs is 1. The van der Waals surface area contributed by atoms with Gasteiger partial charge in [0.1, 0.15) is 29.3 Å². The van der Waals surface area contributed by atoms with Crippen LogP contribution in [0.3, 0.4) is 0 Å². The number of halogens is 2. The van der Waals surface area contributed by atoms with Crippen molar-refractivity contribution in [3.8, 4) is 11.4 Å². The minimum Gasteiger partial charge on any atom is -0.491 e. The Morgan fingerprint density at radius 1 is 1.07 bits per heavy atom. The molecule has 1 unspecified atom stereocenters. The quantitative estimate of drug-likeness (QED) is 0.155. The molecule has 0 fully saturated rings. The summed E-state index contributed by atoms with van der Waals surface area (Å²) >= 11 is 12.9. The fourth-order valence-corrected chi connectivity index (χ4v) is 5.62. The third-order valence-corrected chi connectivity index (χ3v) is 7.50. The van der Waals surface area contributed by atoms with Crippen LogP contribution in [0.15, 0.2) is 47.3 Å². The summed E-state index contributed by atoms with van der Waals surface area (Å²) in [6, 6.07) is 12.3. The predicted molar refractivity (Wildman–Crippen MR) is 155 cm³/mol. The summed E-state index contributed by atoms with van der Waals surface area (Å²) in [6.07, 6.45) is 0.338. The van der Waals surface area contributed by atoms with E-state index in [-0.39, 0.29) is 24.7 Å². The molecule has 0 aliphatic heterocycles. The number of aromatic amines is 1. The topological polar surface area (TPSA) is 129 Å². The number of H-pyrrole nitrogens is 1. The fraction of sp³-hybridized carbons (Fsp3) is 0.370. The van der Waals surface area contributed by atoms with Crippen LogP contribution in [0.25, 0.3) is 16.7 Å². The molecule has 0 radical (unpaired) electrons. The van der Waals surface area contributed by atoms with Crippen LogP contribution < -0.4 is 10.3 Å². The van der Waals surface area contributed by atoms with Gasteiger partial charge < -0.3 is 14.6 Å². The second-order valence-corrected chi connectivity index (χ2v) is 12.6. The molecule has 0 bridgehead atoms. The number of aromatic nitrogens is 4. The monoisotopic (exact) mass is 608 g/mol. The standard InChI is InChI=1S/C27H31Cl2N4O6P/c1-16(2)23-22-25(33(32-23)24-19(28)7-6-8-20(24)29)30-21(31-26(22)34)15-17-9-11-18(12-10-17)37-13-14-38-40(35,36)39-27(3,4)5/h6-12,16H,13-15H2,1-5H3,(H,35,36)(H,30,31,34). The molecule has 40 heavy (non-hydrogen) atoms. The Hall–Kier alpha value is -2.72. The number of phosphoric ester groups is 1. The maximum atomic E-state index is 13.2. The van der Waals surface area contributed by atoms with Gasteiger partial charge in [-0.3, -0.25) is 13.8 Å². The molecule has 2 heterocycles. The van der Waals surface area contributed by atoms with E-state index in [1.165, 1.54) is 4.68 Å². The molecule has 0 aliphatic carbocycles. The molecule has 0 saturated carbocycles. The number of phosphoric acid groups is 1. The highest BCUT2D eigenvalue weighted by atomic mass is 35.5. The second kappa shape index (κ2) is 12.0. The first kappa shape index (κ1) is 30.2. The van der Waals surface area contributed by atoms with Gasteiger partial charge in [0.15, 0.2) is 5.65 Å². The van der Waals surface area contributed by atoms with Gasteiger partial charge in [-0.25, -0.2) is 14.2 Å². The largest absolute Gasteiger partial charge is 0.491 e. The van der Waals surface area contributed by atoms with Crippen molar-refractivity contribution >= 4 is 42.1 Å². The lowest BCUT2D eigenvalue weighted by atomic mass is 10.1. The van der Waals surface area contributed by atoms with E-state index in [1.807, 2.05) is 26.0 Å². The molecule has 0 amide bonds. The van der Waals surface area contributed by atoms with Gasteiger partial charge in [0.05, 0.1) is 27.9 Å². The summed E-state index contributed by atoms with van der Waals surface area (Å²) in [6.45, 7) is 8.80. The van der Waals surface area contributed by atoms with E-state index < -0.39 is 13.4 Å². The van der Waals surface area contributed by atoms with Crippen LogP contribution >= 0.6 is 31.0 Å². The average molecular weight is 609 g/mol. The number of hydrogen-bond acceptors (Lipinski definition) is 7. The van der Waals surface area contributed by atoms with Crippen molar-refractivity contribution in [1.82, 2.24) is 19.7 Å². The lowest BCUT2D eigenvalue weighted by Crippen LogP contribution is -2.18. The van der Waals surface area contributed by atoms with Crippen LogP contribution in [0.2, 0.25) is 10.0 Å². The lowest BCUT2D eigenvalue weighted by Gasteiger charge is -2.22. The normalized spacial score (nSPS) is 13.6. The van der Waals surface area contributed by atoms with Crippen molar-refractivity contribution in [2.45, 2.75) is 52.6 Å². The molecule has 13 heteroatoms. The predicted octanol–water partition coefficient (Wildman–Crippen LogP) is 6.44. The highest BCUT2D eigenvalue weighted by Gasteiger charge is 2.28. The molecule has 4 rings (SSSR count). The van der Waals surface area contributed by atoms with Gasteiger partial charge in [-0.05, 0) is 56.5 Å². The first-order valence-corrected chi connectivity index (χ1v) is 14.9. The number of nitrogens with one attached hydrogen (secondary N) is 1. The van der Waals surface area contributed by atoms with E-state index in [1.54, 1.807) is 51.1 Å². The van der Waals surface area contributed by atoms with Crippen molar-refractivity contribution in [3.05, 3.63) is 79.9 Å². The molecule has 2 aromatic carbocycles. The third kappa shape index (κ3) is 7.32. The molecular formula is C27H31Cl2N4O6P. The van der Waals surface area contributed by atoms with Gasteiger partial charge in [0.25, 0.3) is 5.56 Å². The van der Waals surface area contributed by atoms with Crippen molar-refractivity contribution < 1.29 is 23.2 Å². The zero-order valence-electron chi connectivity index (χ0n) is 22.8. The molecule has 0 saturated heterocycles. The highest BCUT2D eigenvalue weighted by molar-refractivity contribution is 7.47. The van der Waals surface area contributed by atoms with Crippen LogP contribution in [-0.4, -0.2) is 43.5 Å². The first-order chi connectivity index (χ1) is 18.7. The Labute approximate surface area is 241 Å². The van der Waals surface area contributed by atoms with E-state index in [0.717, 1.165) is 5.56 Å². The second-order valence-electron chi connectivity index (χ2n) is 10.4.